The maximum absolute atomic E-state index is 12.8. The van der Waals surface area contributed by atoms with E-state index in [0.29, 0.717) is 21.2 Å². The molecule has 0 atom stereocenters. The number of amides is 1. The van der Waals surface area contributed by atoms with Crippen LogP contribution in [0.1, 0.15) is 34.6 Å². The number of hydrogen-bond donors (Lipinski definition) is 0. The zero-order chi connectivity index (χ0) is 21.7. The minimum Gasteiger partial charge on any atom is -0.465 e. The van der Waals surface area contributed by atoms with Gasteiger partial charge in [-0.15, -0.1) is 11.8 Å². The monoisotopic (exact) mass is 460 g/mol. The molecule has 3 rings (SSSR count). The van der Waals surface area contributed by atoms with E-state index in [1.54, 1.807) is 35.7 Å². The van der Waals surface area contributed by atoms with E-state index in [1.165, 1.54) is 18.4 Å². The van der Waals surface area contributed by atoms with E-state index in [1.807, 2.05) is 41.2 Å². The van der Waals surface area contributed by atoms with E-state index in [0.717, 1.165) is 27.4 Å². The molecule has 0 N–H and O–H groups in total. The lowest BCUT2D eigenvalue weighted by molar-refractivity contribution is 0.0601. The summed E-state index contributed by atoms with van der Waals surface area (Å²) in [6, 6.07) is 13.0. The van der Waals surface area contributed by atoms with Crippen LogP contribution in [0.4, 0.5) is 0 Å². The smallest absolute Gasteiger partial charge is 0.337 e. The first-order chi connectivity index (χ1) is 14.4. The number of aromatic nitrogens is 1. The molecule has 8 heteroatoms. The van der Waals surface area contributed by atoms with Gasteiger partial charge in [0.25, 0.3) is 5.91 Å². The number of methoxy groups -OCH3 is 1. The first-order valence-corrected chi connectivity index (χ1v) is 12.6. The number of carbonyl (C=O) groups is 2. The molecular formula is C22H24N2O3S3. The van der Waals surface area contributed by atoms with Gasteiger partial charge >= 0.3 is 5.97 Å². The molecule has 158 valence electrons. The van der Waals surface area contributed by atoms with Gasteiger partial charge in [0.05, 0.1) is 22.9 Å². The molecule has 3 aromatic rings. The van der Waals surface area contributed by atoms with Crippen LogP contribution < -0.4 is 4.80 Å². The van der Waals surface area contributed by atoms with Gasteiger partial charge in [-0.2, -0.15) is 16.8 Å². The topological polar surface area (TPSA) is 60.7 Å². The molecule has 0 spiro atoms. The normalized spacial score (nSPS) is 12.0. The van der Waals surface area contributed by atoms with Crippen molar-refractivity contribution in [2.75, 3.05) is 19.1 Å². The quantitative estimate of drug-likeness (QED) is 0.363. The minimum absolute atomic E-state index is 0.270. The van der Waals surface area contributed by atoms with Crippen molar-refractivity contribution in [3.8, 4) is 0 Å². The van der Waals surface area contributed by atoms with Crippen molar-refractivity contribution in [1.29, 1.82) is 0 Å². The summed E-state index contributed by atoms with van der Waals surface area (Å²) < 4.78 is 7.76. The summed E-state index contributed by atoms with van der Waals surface area (Å²) in [5.74, 6) is 0.247. The Bertz CT molecular complexity index is 1110. The fourth-order valence-electron chi connectivity index (χ4n) is 2.90. The second-order valence-corrected chi connectivity index (χ2v) is 10.5. The molecule has 0 fully saturated rings. The lowest BCUT2D eigenvalue weighted by atomic mass is 10.2. The largest absolute Gasteiger partial charge is 0.465 e. The molecule has 0 bridgehead atoms. The fraction of sp³-hybridized carbons (Fsp3) is 0.318. The zero-order valence-corrected chi connectivity index (χ0v) is 19.8. The second kappa shape index (κ2) is 10.3. The van der Waals surface area contributed by atoms with E-state index in [9.17, 15) is 9.59 Å². The third kappa shape index (κ3) is 5.36. The first kappa shape index (κ1) is 22.7. The van der Waals surface area contributed by atoms with E-state index in [2.05, 4.69) is 18.8 Å². The number of aryl methyl sites for hydroxylation is 1. The molecule has 1 amide bonds. The summed E-state index contributed by atoms with van der Waals surface area (Å²) in [4.78, 5) is 30.9. The predicted molar refractivity (Wildman–Crippen MR) is 127 cm³/mol. The van der Waals surface area contributed by atoms with Gasteiger partial charge in [-0.25, -0.2) is 4.79 Å². The fourth-order valence-corrected chi connectivity index (χ4v) is 5.20. The molecule has 0 aliphatic carbocycles. The number of nitrogens with zero attached hydrogens (tertiary/aromatic N) is 2. The summed E-state index contributed by atoms with van der Waals surface area (Å²) in [6.45, 7) is 5.01. The van der Waals surface area contributed by atoms with Gasteiger partial charge in [0.2, 0.25) is 0 Å². The van der Waals surface area contributed by atoms with E-state index in [-0.39, 0.29) is 11.9 Å². The average molecular weight is 461 g/mol. The summed E-state index contributed by atoms with van der Waals surface area (Å²) in [5.41, 5.74) is 2.00. The van der Waals surface area contributed by atoms with Crippen molar-refractivity contribution in [2.24, 2.45) is 4.99 Å². The maximum atomic E-state index is 12.8. The van der Waals surface area contributed by atoms with E-state index in [4.69, 9.17) is 4.74 Å². The molecule has 5 nitrogen and oxygen atoms in total. The molecule has 0 saturated heterocycles. The highest BCUT2D eigenvalue weighted by Gasteiger charge is 2.13. The summed E-state index contributed by atoms with van der Waals surface area (Å²) in [7, 11) is 1.37. The van der Waals surface area contributed by atoms with Gasteiger partial charge in [-0.1, -0.05) is 25.2 Å². The number of fused-ring (bicyclic) bond motifs is 1. The summed E-state index contributed by atoms with van der Waals surface area (Å²) in [6.07, 6.45) is 2.04. The number of ether oxygens (including phenoxy) is 1. The Morgan fingerprint density at radius 2 is 1.83 bits per heavy atom. The standard InChI is InChI=1S/C22H24N2O3S3/c1-14(2)29-17-8-5-15(6-9-17)20(25)23-22-24(11-12-28-4)18-10-7-16(21(26)27-3)13-19(18)30-22/h5-10,13-14H,11-12H2,1-4H3. The second-order valence-electron chi connectivity index (χ2n) is 6.81. The Balaban J connectivity index is 2.00. The van der Waals surface area contributed by atoms with Crippen LogP contribution in [-0.2, 0) is 11.3 Å². The van der Waals surface area contributed by atoms with Gasteiger partial charge in [0, 0.05) is 28.0 Å². The van der Waals surface area contributed by atoms with Crippen LogP contribution in [0.3, 0.4) is 0 Å². The number of esters is 1. The third-order valence-electron chi connectivity index (χ3n) is 4.29. The Morgan fingerprint density at radius 3 is 2.47 bits per heavy atom. The molecule has 0 saturated carbocycles. The van der Waals surface area contributed by atoms with Gasteiger partial charge in [0.1, 0.15) is 0 Å². The number of benzene rings is 2. The van der Waals surface area contributed by atoms with Crippen molar-refractivity contribution < 1.29 is 14.3 Å². The van der Waals surface area contributed by atoms with Crippen LogP contribution in [0.2, 0.25) is 0 Å². The van der Waals surface area contributed by atoms with Crippen LogP contribution in [0.25, 0.3) is 10.2 Å². The molecular weight excluding hydrogens is 436 g/mol. The number of hydrogen-bond acceptors (Lipinski definition) is 6. The van der Waals surface area contributed by atoms with E-state index < -0.39 is 0 Å². The maximum Gasteiger partial charge on any atom is 0.337 e. The Kier molecular flexibility index (Phi) is 7.80. The van der Waals surface area contributed by atoms with Crippen molar-refractivity contribution >= 4 is 57.0 Å². The first-order valence-electron chi connectivity index (χ1n) is 9.49. The van der Waals surface area contributed by atoms with Crippen molar-refractivity contribution in [2.45, 2.75) is 30.5 Å². The lowest BCUT2D eigenvalue weighted by Gasteiger charge is -2.05. The van der Waals surface area contributed by atoms with Crippen molar-refractivity contribution in [1.82, 2.24) is 4.57 Å². The Morgan fingerprint density at radius 1 is 1.13 bits per heavy atom. The van der Waals surface area contributed by atoms with Crippen LogP contribution in [0.15, 0.2) is 52.4 Å². The third-order valence-corrected chi connectivity index (χ3v) is 6.94. The van der Waals surface area contributed by atoms with Crippen LogP contribution in [0, 0.1) is 0 Å². The molecule has 1 heterocycles. The van der Waals surface area contributed by atoms with Crippen molar-refractivity contribution in [3.63, 3.8) is 0 Å². The molecule has 0 aliphatic rings. The molecule has 2 aromatic carbocycles. The summed E-state index contributed by atoms with van der Waals surface area (Å²) >= 11 is 4.90. The van der Waals surface area contributed by atoms with Gasteiger partial charge < -0.3 is 9.30 Å². The van der Waals surface area contributed by atoms with Crippen molar-refractivity contribution in [3.05, 3.63) is 58.4 Å². The van der Waals surface area contributed by atoms with Gasteiger partial charge in [0.15, 0.2) is 4.80 Å². The molecule has 0 aliphatic heterocycles. The van der Waals surface area contributed by atoms with Crippen LogP contribution in [-0.4, -0.2) is 40.8 Å². The molecule has 0 radical (unpaired) electrons. The number of thioether (sulfide) groups is 2. The minimum atomic E-state index is -0.380. The van der Waals surface area contributed by atoms with Gasteiger partial charge in [-0.3, -0.25) is 4.79 Å². The summed E-state index contributed by atoms with van der Waals surface area (Å²) in [5, 5.41) is 0.486. The van der Waals surface area contributed by atoms with Crippen LogP contribution >= 0.6 is 34.9 Å². The highest BCUT2D eigenvalue weighted by molar-refractivity contribution is 7.99. The SMILES string of the molecule is COC(=O)c1ccc2c(c1)sc(=NC(=O)c1ccc(SC(C)C)cc1)n2CCSC. The Labute approximate surface area is 188 Å². The van der Waals surface area contributed by atoms with Crippen LogP contribution in [0.5, 0.6) is 0 Å². The number of carbonyl (C=O) groups excluding carboxylic acids is 2. The average Bonchev–Trinajstić information content (AvgIpc) is 3.07. The number of thiazole rings is 1. The van der Waals surface area contributed by atoms with Gasteiger partial charge in [-0.05, 0) is 48.7 Å². The molecule has 30 heavy (non-hydrogen) atoms. The zero-order valence-electron chi connectivity index (χ0n) is 17.4. The van der Waals surface area contributed by atoms with E-state index >= 15 is 0 Å². The molecule has 0 unspecified atom stereocenters. The highest BCUT2D eigenvalue weighted by Crippen LogP contribution is 2.23. The Hall–Kier alpha value is -2.03. The molecule has 1 aromatic heterocycles. The number of rotatable bonds is 7. The lowest BCUT2D eigenvalue weighted by Crippen LogP contribution is -2.18. The highest BCUT2D eigenvalue weighted by atomic mass is 32.2. The predicted octanol–water partition coefficient (Wildman–Crippen LogP) is 5.09.